The molecule has 2 heteroatoms. The Labute approximate surface area is 74.8 Å². The van der Waals surface area contributed by atoms with Crippen LogP contribution in [0.15, 0.2) is 30.3 Å². The van der Waals surface area contributed by atoms with Crippen LogP contribution in [0.2, 0.25) is 0 Å². The molecule has 1 nitrogen and oxygen atoms in total. The number of halogens is 1. The lowest BCUT2D eigenvalue weighted by Gasteiger charge is -1.99. The number of rotatable bonds is 1. The van der Waals surface area contributed by atoms with Gasteiger partial charge in [0.25, 0.3) is 0 Å². The molecule has 0 aliphatic heterocycles. The second kappa shape index (κ2) is 2.98. The van der Waals surface area contributed by atoms with Crippen molar-refractivity contribution in [2.45, 2.75) is 0 Å². The van der Waals surface area contributed by atoms with Crippen molar-refractivity contribution < 1.29 is 9.18 Å². The second-order valence-corrected chi connectivity index (χ2v) is 2.71. The minimum Gasteiger partial charge on any atom is -0.298 e. The van der Waals surface area contributed by atoms with Gasteiger partial charge in [-0.2, -0.15) is 0 Å². The molecule has 0 spiro atoms. The van der Waals surface area contributed by atoms with Crippen LogP contribution in [0, 0.1) is 11.9 Å². The number of carbonyl (C=O) groups excluding carboxylic acids is 1. The maximum atomic E-state index is 13.2. The second-order valence-electron chi connectivity index (χ2n) is 2.71. The molecule has 0 aromatic heterocycles. The molecule has 2 rings (SSSR count). The summed E-state index contributed by atoms with van der Waals surface area (Å²) in [5, 5.41) is 1.07. The van der Waals surface area contributed by atoms with Crippen LogP contribution >= 0.6 is 0 Å². The molecule has 0 heterocycles. The van der Waals surface area contributed by atoms with Crippen LogP contribution in [-0.4, -0.2) is 6.29 Å². The monoisotopic (exact) mass is 173 g/mol. The Bertz CT molecular complexity index is 463. The van der Waals surface area contributed by atoms with E-state index in [1.807, 2.05) is 0 Å². The van der Waals surface area contributed by atoms with Crippen molar-refractivity contribution in [1.29, 1.82) is 0 Å². The SMILES string of the molecule is O=Cc1[c]ccc2c(F)cccc12. The largest absolute Gasteiger partial charge is 0.298 e. The predicted octanol–water partition coefficient (Wildman–Crippen LogP) is 2.59. The molecule has 63 valence electrons. The van der Waals surface area contributed by atoms with Crippen LogP contribution in [0.4, 0.5) is 4.39 Å². The maximum absolute atomic E-state index is 13.2. The summed E-state index contributed by atoms with van der Waals surface area (Å²) in [5.74, 6) is -0.311. The van der Waals surface area contributed by atoms with Crippen molar-refractivity contribution in [2.75, 3.05) is 0 Å². The molecule has 0 atom stereocenters. The molecule has 0 fully saturated rings. The lowest BCUT2D eigenvalue weighted by atomic mass is 10.1. The molecule has 13 heavy (non-hydrogen) atoms. The van der Waals surface area contributed by atoms with Crippen molar-refractivity contribution in [1.82, 2.24) is 0 Å². The van der Waals surface area contributed by atoms with Gasteiger partial charge in [-0.3, -0.25) is 4.79 Å². The Morgan fingerprint density at radius 2 is 2.08 bits per heavy atom. The number of aldehydes is 1. The quantitative estimate of drug-likeness (QED) is 0.606. The fourth-order valence-electron chi connectivity index (χ4n) is 1.33. The van der Waals surface area contributed by atoms with Crippen molar-refractivity contribution in [2.24, 2.45) is 0 Å². The Morgan fingerprint density at radius 1 is 1.23 bits per heavy atom. The molecule has 0 unspecified atom stereocenters. The summed E-state index contributed by atoms with van der Waals surface area (Å²) in [4.78, 5) is 10.6. The highest BCUT2D eigenvalue weighted by Gasteiger charge is 2.02. The van der Waals surface area contributed by atoms with Gasteiger partial charge in [-0.1, -0.05) is 24.3 Å². The predicted molar refractivity (Wildman–Crippen MR) is 48.1 cm³/mol. The summed E-state index contributed by atoms with van der Waals surface area (Å²) in [6, 6.07) is 10.6. The first-order chi connectivity index (χ1) is 6.33. The van der Waals surface area contributed by atoms with E-state index in [-0.39, 0.29) is 5.82 Å². The van der Waals surface area contributed by atoms with Gasteiger partial charge in [-0.25, -0.2) is 4.39 Å². The van der Waals surface area contributed by atoms with Crippen molar-refractivity contribution in [3.05, 3.63) is 47.8 Å². The molecule has 0 amide bonds. The Kier molecular flexibility index (Phi) is 1.81. The van der Waals surface area contributed by atoms with Gasteiger partial charge in [-0.05, 0) is 17.5 Å². The maximum Gasteiger partial charge on any atom is 0.151 e. The third-order valence-corrected chi connectivity index (χ3v) is 1.95. The summed E-state index contributed by atoms with van der Waals surface area (Å²) >= 11 is 0. The minimum atomic E-state index is -0.311. The summed E-state index contributed by atoms with van der Waals surface area (Å²) < 4.78 is 13.2. The first-order valence-corrected chi connectivity index (χ1v) is 3.87. The average molecular weight is 173 g/mol. The number of carbonyl (C=O) groups is 1. The molecule has 0 saturated heterocycles. The molecule has 0 aliphatic rings. The van der Waals surface area contributed by atoms with Gasteiger partial charge in [0.2, 0.25) is 0 Å². The van der Waals surface area contributed by atoms with Crippen LogP contribution in [-0.2, 0) is 0 Å². The molecule has 2 aromatic rings. The zero-order chi connectivity index (χ0) is 9.26. The third-order valence-electron chi connectivity index (χ3n) is 1.95. The first-order valence-electron chi connectivity index (χ1n) is 3.87. The zero-order valence-corrected chi connectivity index (χ0v) is 6.75. The fraction of sp³-hybridized carbons (Fsp3) is 0. The summed E-state index contributed by atoms with van der Waals surface area (Å²) in [6.07, 6.45) is 0.682. The lowest BCUT2D eigenvalue weighted by molar-refractivity contribution is 0.112. The standard InChI is InChI=1S/C11H6FO/c12-11-6-2-4-9-8(7-13)3-1-5-10(9)11/h1-2,4-7H. The number of hydrogen-bond donors (Lipinski definition) is 0. The highest BCUT2D eigenvalue weighted by molar-refractivity contribution is 5.97. The van der Waals surface area contributed by atoms with E-state index in [1.165, 1.54) is 6.07 Å². The van der Waals surface area contributed by atoms with E-state index < -0.39 is 0 Å². The molecule has 0 N–H and O–H groups in total. The van der Waals surface area contributed by atoms with E-state index in [1.54, 1.807) is 24.3 Å². The van der Waals surface area contributed by atoms with E-state index in [4.69, 9.17) is 0 Å². The Hall–Kier alpha value is -1.70. The van der Waals surface area contributed by atoms with Gasteiger partial charge in [0.05, 0.1) is 0 Å². The number of hydrogen-bond acceptors (Lipinski definition) is 1. The smallest absolute Gasteiger partial charge is 0.151 e. The topological polar surface area (TPSA) is 17.1 Å². The van der Waals surface area contributed by atoms with Crippen LogP contribution in [0.25, 0.3) is 10.8 Å². The lowest BCUT2D eigenvalue weighted by Crippen LogP contribution is -1.85. The molecule has 1 radical (unpaired) electrons. The summed E-state index contributed by atoms with van der Waals surface area (Å²) in [6.45, 7) is 0. The van der Waals surface area contributed by atoms with Gasteiger partial charge in [0.15, 0.2) is 6.29 Å². The highest BCUT2D eigenvalue weighted by Crippen LogP contribution is 2.19. The average Bonchev–Trinajstić information content (AvgIpc) is 2.18. The van der Waals surface area contributed by atoms with Crippen molar-refractivity contribution >= 4 is 17.1 Å². The van der Waals surface area contributed by atoms with Gasteiger partial charge >= 0.3 is 0 Å². The van der Waals surface area contributed by atoms with Crippen molar-refractivity contribution in [3.63, 3.8) is 0 Å². The van der Waals surface area contributed by atoms with Gasteiger partial charge in [-0.15, -0.1) is 0 Å². The van der Waals surface area contributed by atoms with Gasteiger partial charge in [0.1, 0.15) is 5.82 Å². The van der Waals surface area contributed by atoms with E-state index in [2.05, 4.69) is 6.07 Å². The fourth-order valence-corrected chi connectivity index (χ4v) is 1.33. The van der Waals surface area contributed by atoms with Crippen LogP contribution in [0.1, 0.15) is 10.4 Å². The molecular weight excluding hydrogens is 167 g/mol. The van der Waals surface area contributed by atoms with Crippen molar-refractivity contribution in [3.8, 4) is 0 Å². The summed E-state index contributed by atoms with van der Waals surface area (Å²) in [5.41, 5.74) is 0.400. The highest BCUT2D eigenvalue weighted by atomic mass is 19.1. The Balaban J connectivity index is 2.92. The molecule has 0 aliphatic carbocycles. The van der Waals surface area contributed by atoms with E-state index >= 15 is 0 Å². The van der Waals surface area contributed by atoms with E-state index in [0.717, 1.165) is 0 Å². The molecular formula is C11H6FO. The van der Waals surface area contributed by atoms with E-state index in [9.17, 15) is 9.18 Å². The van der Waals surface area contributed by atoms with Gasteiger partial charge in [0, 0.05) is 10.9 Å². The summed E-state index contributed by atoms with van der Waals surface area (Å²) in [7, 11) is 0. The molecule has 0 bridgehead atoms. The van der Waals surface area contributed by atoms with Crippen LogP contribution < -0.4 is 0 Å². The number of benzene rings is 2. The minimum absolute atomic E-state index is 0.311. The first kappa shape index (κ1) is 7.92. The normalized spacial score (nSPS) is 10.2. The number of fused-ring (bicyclic) bond motifs is 1. The van der Waals surface area contributed by atoms with Crippen LogP contribution in [0.3, 0.4) is 0 Å². The van der Waals surface area contributed by atoms with E-state index in [0.29, 0.717) is 22.6 Å². The molecule has 0 saturated carbocycles. The van der Waals surface area contributed by atoms with Gasteiger partial charge < -0.3 is 0 Å². The van der Waals surface area contributed by atoms with Crippen LogP contribution in [0.5, 0.6) is 0 Å². The third kappa shape index (κ3) is 1.20. The molecule has 2 aromatic carbocycles. The zero-order valence-electron chi connectivity index (χ0n) is 6.75. The Morgan fingerprint density at radius 3 is 2.85 bits per heavy atom.